The highest BCUT2D eigenvalue weighted by molar-refractivity contribution is 5.96. The van der Waals surface area contributed by atoms with Gasteiger partial charge in [-0.15, -0.1) is 0 Å². The monoisotopic (exact) mass is 271 g/mol. The van der Waals surface area contributed by atoms with Crippen LogP contribution in [-0.2, 0) is 20.0 Å². The van der Waals surface area contributed by atoms with Gasteiger partial charge in [0.05, 0.1) is 0 Å². The molecule has 3 nitrogen and oxygen atoms in total. The van der Waals surface area contributed by atoms with Gasteiger partial charge < -0.3 is 4.57 Å². The van der Waals surface area contributed by atoms with Gasteiger partial charge in [-0.05, 0) is 31.9 Å². The maximum Gasteiger partial charge on any atom is 0.229 e. The molecule has 0 N–H and O–H groups in total. The Morgan fingerprint density at radius 2 is 1.90 bits per heavy atom. The number of carbonyl (C=O) groups excluding carboxylic acids is 1. The summed E-state index contributed by atoms with van der Waals surface area (Å²) in [5, 5.41) is 0. The molecule has 0 fully saturated rings. The van der Waals surface area contributed by atoms with Crippen LogP contribution in [0.5, 0.6) is 0 Å². The van der Waals surface area contributed by atoms with Crippen LogP contribution in [0.1, 0.15) is 40.7 Å². The molecular formula is C17H23N2O+. The lowest BCUT2D eigenvalue weighted by atomic mass is 10.1. The van der Waals surface area contributed by atoms with E-state index in [0.29, 0.717) is 6.54 Å². The van der Waals surface area contributed by atoms with Crippen molar-refractivity contribution in [2.24, 2.45) is 7.05 Å². The molecule has 0 amide bonds. The highest BCUT2D eigenvalue weighted by Gasteiger charge is 2.17. The Balaban J connectivity index is 2.13. The van der Waals surface area contributed by atoms with Gasteiger partial charge >= 0.3 is 0 Å². The van der Waals surface area contributed by atoms with E-state index >= 15 is 0 Å². The number of ketones is 1. The molecule has 0 unspecified atom stereocenters. The second kappa shape index (κ2) is 6.04. The first kappa shape index (κ1) is 14.5. The average molecular weight is 271 g/mol. The van der Waals surface area contributed by atoms with E-state index < -0.39 is 0 Å². The summed E-state index contributed by atoms with van der Waals surface area (Å²) in [6, 6.07) is 6.17. The Morgan fingerprint density at radius 1 is 1.25 bits per heavy atom. The summed E-state index contributed by atoms with van der Waals surface area (Å²) in [7, 11) is 1.99. The summed E-state index contributed by atoms with van der Waals surface area (Å²) in [5.41, 5.74) is 4.31. The SMILES string of the molecule is CCCc1cc[n+](CC(=O)c2cc(C)n(C)c2C)cc1. The van der Waals surface area contributed by atoms with Crippen molar-refractivity contribution in [2.45, 2.75) is 40.2 Å². The maximum atomic E-state index is 12.4. The van der Waals surface area contributed by atoms with Gasteiger partial charge in [0.1, 0.15) is 0 Å². The summed E-state index contributed by atoms with van der Waals surface area (Å²) < 4.78 is 4.01. The maximum absolute atomic E-state index is 12.4. The Morgan fingerprint density at radius 3 is 2.40 bits per heavy atom. The lowest BCUT2D eigenvalue weighted by molar-refractivity contribution is -0.683. The van der Waals surface area contributed by atoms with Gasteiger partial charge in [0.25, 0.3) is 0 Å². The Labute approximate surface area is 120 Å². The van der Waals surface area contributed by atoms with Crippen LogP contribution >= 0.6 is 0 Å². The molecule has 2 heterocycles. The van der Waals surface area contributed by atoms with E-state index in [1.165, 1.54) is 5.56 Å². The molecular weight excluding hydrogens is 248 g/mol. The zero-order chi connectivity index (χ0) is 14.7. The molecule has 2 rings (SSSR count). The van der Waals surface area contributed by atoms with E-state index in [1.54, 1.807) is 0 Å². The van der Waals surface area contributed by atoms with Gasteiger partial charge in [0.2, 0.25) is 12.3 Å². The number of hydrogen-bond donors (Lipinski definition) is 0. The van der Waals surface area contributed by atoms with E-state index in [9.17, 15) is 4.79 Å². The molecule has 0 bridgehead atoms. The van der Waals surface area contributed by atoms with Crippen LogP contribution in [0.3, 0.4) is 0 Å². The molecule has 0 aliphatic heterocycles. The van der Waals surface area contributed by atoms with Crippen LogP contribution in [-0.4, -0.2) is 10.4 Å². The molecule has 20 heavy (non-hydrogen) atoms. The summed E-state index contributed by atoms with van der Waals surface area (Å²) in [6.07, 6.45) is 6.22. The molecule has 0 radical (unpaired) electrons. The zero-order valence-corrected chi connectivity index (χ0v) is 12.8. The minimum atomic E-state index is 0.166. The van der Waals surface area contributed by atoms with Crippen molar-refractivity contribution in [3.05, 3.63) is 53.1 Å². The number of rotatable bonds is 5. The Bertz CT molecular complexity index is 609. The highest BCUT2D eigenvalue weighted by atomic mass is 16.1. The molecule has 0 aliphatic carbocycles. The van der Waals surface area contributed by atoms with E-state index in [2.05, 4.69) is 23.6 Å². The number of nitrogens with zero attached hydrogens (tertiary/aromatic N) is 2. The predicted molar refractivity (Wildman–Crippen MR) is 79.8 cm³/mol. The van der Waals surface area contributed by atoms with Crippen molar-refractivity contribution in [1.29, 1.82) is 0 Å². The van der Waals surface area contributed by atoms with Crippen LogP contribution in [0.25, 0.3) is 0 Å². The Kier molecular flexibility index (Phi) is 4.38. The standard InChI is InChI=1S/C17H23N2O/c1-5-6-15-7-9-19(10-8-15)12-17(20)16-11-13(2)18(4)14(16)3/h7-11H,5-6,12H2,1-4H3/q+1. The summed E-state index contributed by atoms with van der Waals surface area (Å²) in [6.45, 7) is 6.59. The fourth-order valence-electron chi connectivity index (χ4n) is 2.44. The zero-order valence-electron chi connectivity index (χ0n) is 12.8. The minimum Gasteiger partial charge on any atom is -0.351 e. The third kappa shape index (κ3) is 2.98. The predicted octanol–water partition coefficient (Wildman–Crippen LogP) is 2.76. The van der Waals surface area contributed by atoms with Crippen LogP contribution < -0.4 is 4.57 Å². The molecule has 2 aromatic heterocycles. The summed E-state index contributed by atoms with van der Waals surface area (Å²) in [4.78, 5) is 12.4. The lowest BCUT2D eigenvalue weighted by Crippen LogP contribution is -2.37. The second-order valence-electron chi connectivity index (χ2n) is 5.40. The fourth-order valence-corrected chi connectivity index (χ4v) is 2.44. The van der Waals surface area contributed by atoms with Gasteiger partial charge in [-0.3, -0.25) is 4.79 Å². The first-order valence-corrected chi connectivity index (χ1v) is 7.17. The van der Waals surface area contributed by atoms with Crippen molar-refractivity contribution in [2.75, 3.05) is 0 Å². The average Bonchev–Trinajstić information content (AvgIpc) is 2.69. The topological polar surface area (TPSA) is 25.9 Å². The highest BCUT2D eigenvalue weighted by Crippen LogP contribution is 2.13. The fraction of sp³-hybridized carbons (Fsp3) is 0.412. The van der Waals surface area contributed by atoms with Crippen molar-refractivity contribution in [3.8, 4) is 0 Å². The number of pyridine rings is 1. The number of hydrogen-bond acceptors (Lipinski definition) is 1. The number of carbonyl (C=O) groups is 1. The first-order valence-electron chi connectivity index (χ1n) is 7.17. The van der Waals surface area contributed by atoms with Crippen molar-refractivity contribution in [3.63, 3.8) is 0 Å². The third-order valence-electron chi connectivity index (χ3n) is 3.90. The molecule has 0 atom stereocenters. The van der Waals surface area contributed by atoms with Gasteiger partial charge in [-0.25, -0.2) is 0 Å². The van der Waals surface area contributed by atoms with Crippen LogP contribution in [0, 0.1) is 13.8 Å². The van der Waals surface area contributed by atoms with Gasteiger partial charge in [-0.1, -0.05) is 13.3 Å². The molecule has 0 saturated heterocycles. The van der Waals surface area contributed by atoms with E-state index in [-0.39, 0.29) is 5.78 Å². The van der Waals surface area contributed by atoms with Crippen LogP contribution in [0.15, 0.2) is 30.6 Å². The van der Waals surface area contributed by atoms with Gasteiger partial charge in [-0.2, -0.15) is 4.57 Å². The summed E-state index contributed by atoms with van der Waals surface area (Å²) in [5.74, 6) is 0.166. The minimum absolute atomic E-state index is 0.166. The van der Waals surface area contributed by atoms with E-state index in [1.807, 2.05) is 43.9 Å². The van der Waals surface area contributed by atoms with Gasteiger partial charge in [0.15, 0.2) is 12.4 Å². The number of aryl methyl sites for hydroxylation is 2. The quantitative estimate of drug-likeness (QED) is 0.606. The number of aromatic nitrogens is 2. The number of Topliss-reactive ketones (excluding diaryl/α,β-unsaturated/α-hetero) is 1. The largest absolute Gasteiger partial charge is 0.351 e. The van der Waals surface area contributed by atoms with E-state index in [4.69, 9.17) is 0 Å². The molecule has 0 spiro atoms. The molecule has 2 aromatic rings. The van der Waals surface area contributed by atoms with Gasteiger partial charge in [0, 0.05) is 36.1 Å². The smallest absolute Gasteiger partial charge is 0.229 e. The lowest BCUT2D eigenvalue weighted by Gasteiger charge is -2.01. The molecule has 0 saturated carbocycles. The normalized spacial score (nSPS) is 10.8. The Hall–Kier alpha value is -1.90. The molecule has 106 valence electrons. The molecule has 0 aromatic carbocycles. The van der Waals surface area contributed by atoms with E-state index in [0.717, 1.165) is 29.8 Å². The molecule has 0 aliphatic rings. The molecule has 3 heteroatoms. The van der Waals surface area contributed by atoms with Crippen molar-refractivity contribution < 1.29 is 9.36 Å². The van der Waals surface area contributed by atoms with Crippen LogP contribution in [0.4, 0.5) is 0 Å². The third-order valence-corrected chi connectivity index (χ3v) is 3.90. The first-order chi connectivity index (χ1) is 9.52. The second-order valence-corrected chi connectivity index (χ2v) is 5.40. The summed E-state index contributed by atoms with van der Waals surface area (Å²) >= 11 is 0. The van der Waals surface area contributed by atoms with Crippen LogP contribution in [0.2, 0.25) is 0 Å². The van der Waals surface area contributed by atoms with Crippen molar-refractivity contribution in [1.82, 2.24) is 4.57 Å². The van der Waals surface area contributed by atoms with Crippen molar-refractivity contribution >= 4 is 5.78 Å².